The number of alkyl halides is 3. The molecule has 1 saturated heterocycles. The third-order valence-corrected chi connectivity index (χ3v) is 7.65. The standard InChI is InChI=1S/C22H24BrF3N4O3/c23-19-18(27-20-16(22(24,25)26)9-13(10-30(19)20)12-1-2-12)21(33)28-7-8-29(17(32)11-28)14-3-5-15(31)6-4-14/h9-10,12,14-15,31H,1-8,11H2/t14-,15-. The summed E-state index contributed by atoms with van der Waals surface area (Å²) in [6, 6.07) is 1.18. The largest absolute Gasteiger partial charge is 0.419 e. The van der Waals surface area contributed by atoms with Crippen molar-refractivity contribution in [3.63, 3.8) is 0 Å². The number of halogens is 4. The van der Waals surface area contributed by atoms with Crippen molar-refractivity contribution in [1.29, 1.82) is 0 Å². The quantitative estimate of drug-likeness (QED) is 0.660. The minimum atomic E-state index is -4.60. The highest BCUT2D eigenvalue weighted by Crippen LogP contribution is 2.43. The fourth-order valence-corrected chi connectivity index (χ4v) is 5.42. The van der Waals surface area contributed by atoms with Crippen LogP contribution in [0.5, 0.6) is 0 Å². The lowest BCUT2D eigenvalue weighted by atomic mass is 9.91. The molecule has 2 saturated carbocycles. The van der Waals surface area contributed by atoms with Crippen LogP contribution in [-0.2, 0) is 11.0 Å². The van der Waals surface area contributed by atoms with E-state index in [4.69, 9.17) is 0 Å². The predicted octanol–water partition coefficient (Wildman–Crippen LogP) is 3.58. The summed E-state index contributed by atoms with van der Waals surface area (Å²) in [5.74, 6) is -0.669. The van der Waals surface area contributed by atoms with Gasteiger partial charge < -0.3 is 14.9 Å². The number of fused-ring (bicyclic) bond motifs is 1. The maximum Gasteiger partial charge on any atom is 0.419 e. The molecule has 0 aromatic carbocycles. The van der Waals surface area contributed by atoms with Crippen molar-refractivity contribution in [2.75, 3.05) is 19.6 Å². The van der Waals surface area contributed by atoms with Crippen LogP contribution < -0.4 is 0 Å². The first-order valence-corrected chi connectivity index (χ1v) is 12.0. The molecule has 2 aromatic heterocycles. The van der Waals surface area contributed by atoms with E-state index in [2.05, 4.69) is 20.9 Å². The number of imidazole rings is 1. The zero-order valence-corrected chi connectivity index (χ0v) is 19.4. The van der Waals surface area contributed by atoms with Gasteiger partial charge in [0.25, 0.3) is 5.91 Å². The van der Waals surface area contributed by atoms with Crippen LogP contribution in [0, 0.1) is 0 Å². The number of aliphatic hydroxyl groups is 1. The lowest BCUT2D eigenvalue weighted by Crippen LogP contribution is -2.56. The van der Waals surface area contributed by atoms with Crippen molar-refractivity contribution < 1.29 is 27.9 Å². The topological polar surface area (TPSA) is 78.2 Å². The smallest absolute Gasteiger partial charge is 0.393 e. The molecular weight excluding hydrogens is 505 g/mol. The van der Waals surface area contributed by atoms with Crippen LogP contribution >= 0.6 is 15.9 Å². The van der Waals surface area contributed by atoms with Gasteiger partial charge in [0.2, 0.25) is 5.91 Å². The lowest BCUT2D eigenvalue weighted by Gasteiger charge is -2.41. The molecule has 3 fully saturated rings. The van der Waals surface area contributed by atoms with Crippen molar-refractivity contribution in [2.24, 2.45) is 0 Å². The SMILES string of the molecule is O=C(c1nc2c(C(F)(F)F)cc(C3CC3)cn2c1Br)N1CCN([C@H]2CC[C@H](O)CC2)C(=O)C1. The third kappa shape index (κ3) is 4.25. The van der Waals surface area contributed by atoms with Crippen molar-refractivity contribution in [3.05, 3.63) is 33.7 Å². The van der Waals surface area contributed by atoms with Gasteiger partial charge in [0.05, 0.1) is 11.7 Å². The maximum absolute atomic E-state index is 13.7. The molecule has 0 atom stereocenters. The molecule has 0 spiro atoms. The highest BCUT2D eigenvalue weighted by atomic mass is 79.9. The average molecular weight is 529 g/mol. The average Bonchev–Trinajstić information content (AvgIpc) is 3.57. The number of carbonyl (C=O) groups excluding carboxylic acids is 2. The van der Waals surface area contributed by atoms with Gasteiger partial charge in [-0.05, 0) is 72.0 Å². The Morgan fingerprint density at radius 2 is 1.82 bits per heavy atom. The van der Waals surface area contributed by atoms with E-state index < -0.39 is 17.6 Å². The number of amides is 2. The van der Waals surface area contributed by atoms with Gasteiger partial charge in [0.15, 0.2) is 11.3 Å². The molecular formula is C22H24BrF3N4O3. The molecule has 178 valence electrons. The summed E-state index contributed by atoms with van der Waals surface area (Å²) in [6.07, 6.45) is 1.10. The molecule has 0 unspecified atom stereocenters. The second-order valence-corrected chi connectivity index (χ2v) is 9.93. The van der Waals surface area contributed by atoms with E-state index in [-0.39, 0.29) is 53.0 Å². The van der Waals surface area contributed by atoms with E-state index in [9.17, 15) is 27.9 Å². The molecule has 3 heterocycles. The number of hydrogen-bond acceptors (Lipinski definition) is 4. The molecule has 1 N–H and O–H groups in total. The summed E-state index contributed by atoms with van der Waals surface area (Å²) in [7, 11) is 0. The second-order valence-electron chi connectivity index (χ2n) is 9.18. The zero-order chi connectivity index (χ0) is 23.5. The van der Waals surface area contributed by atoms with Gasteiger partial charge in [0.1, 0.15) is 11.1 Å². The van der Waals surface area contributed by atoms with Gasteiger partial charge in [-0.15, -0.1) is 0 Å². The number of hydrogen-bond donors (Lipinski definition) is 1. The Bertz CT molecular complexity index is 1110. The predicted molar refractivity (Wildman–Crippen MR) is 116 cm³/mol. The highest BCUT2D eigenvalue weighted by Gasteiger charge is 2.39. The zero-order valence-electron chi connectivity index (χ0n) is 17.8. The Morgan fingerprint density at radius 3 is 2.42 bits per heavy atom. The van der Waals surface area contributed by atoms with Gasteiger partial charge in [-0.1, -0.05) is 0 Å². The number of piperazine rings is 1. The van der Waals surface area contributed by atoms with Gasteiger partial charge in [-0.2, -0.15) is 13.2 Å². The Labute approximate surface area is 196 Å². The van der Waals surface area contributed by atoms with E-state index in [0.717, 1.165) is 31.7 Å². The normalized spacial score (nSPS) is 24.6. The van der Waals surface area contributed by atoms with Crippen molar-refractivity contribution >= 4 is 33.4 Å². The van der Waals surface area contributed by atoms with Crippen LogP contribution in [0.4, 0.5) is 13.2 Å². The van der Waals surface area contributed by atoms with Crippen molar-refractivity contribution in [3.8, 4) is 0 Å². The van der Waals surface area contributed by atoms with Crippen LogP contribution in [0.3, 0.4) is 0 Å². The summed E-state index contributed by atoms with van der Waals surface area (Å²) in [5.41, 5.74) is -0.747. The summed E-state index contributed by atoms with van der Waals surface area (Å²) in [6.45, 7) is 0.497. The first-order chi connectivity index (χ1) is 15.6. The van der Waals surface area contributed by atoms with E-state index >= 15 is 0 Å². The summed E-state index contributed by atoms with van der Waals surface area (Å²) < 4.78 is 42.7. The van der Waals surface area contributed by atoms with Gasteiger partial charge in [0, 0.05) is 25.3 Å². The summed E-state index contributed by atoms with van der Waals surface area (Å²) in [4.78, 5) is 33.1. The molecule has 2 aromatic rings. The first-order valence-electron chi connectivity index (χ1n) is 11.2. The number of pyridine rings is 1. The number of aromatic nitrogens is 2. The van der Waals surface area contributed by atoms with Crippen LogP contribution in [0.1, 0.15) is 66.1 Å². The van der Waals surface area contributed by atoms with Crippen LogP contribution in [-0.4, -0.2) is 67.9 Å². The third-order valence-electron chi connectivity index (χ3n) is 6.89. The maximum atomic E-state index is 13.7. The monoisotopic (exact) mass is 528 g/mol. The van der Waals surface area contributed by atoms with Crippen LogP contribution in [0.25, 0.3) is 5.65 Å². The van der Waals surface area contributed by atoms with Crippen LogP contribution in [0.2, 0.25) is 0 Å². The molecule has 33 heavy (non-hydrogen) atoms. The molecule has 1 aliphatic heterocycles. The molecule has 0 bridgehead atoms. The molecule has 3 aliphatic rings. The first kappa shape index (κ1) is 22.6. The van der Waals surface area contributed by atoms with Crippen molar-refractivity contribution in [2.45, 2.75) is 62.8 Å². The molecule has 7 nitrogen and oxygen atoms in total. The molecule has 2 amide bonds. The number of carbonyl (C=O) groups is 2. The minimum absolute atomic E-state index is 0.0512. The Balaban J connectivity index is 1.40. The van der Waals surface area contributed by atoms with Gasteiger partial charge >= 0.3 is 6.18 Å². The Kier molecular flexibility index (Phi) is 5.67. The number of nitrogens with zero attached hydrogens (tertiary/aromatic N) is 4. The van der Waals surface area contributed by atoms with E-state index in [0.29, 0.717) is 24.9 Å². The second kappa shape index (κ2) is 8.26. The minimum Gasteiger partial charge on any atom is -0.393 e. The molecule has 5 rings (SSSR count). The fourth-order valence-electron chi connectivity index (χ4n) is 4.89. The molecule has 2 aliphatic carbocycles. The van der Waals surface area contributed by atoms with E-state index in [1.54, 1.807) is 11.1 Å². The fraction of sp³-hybridized carbons (Fsp3) is 0.591. The molecule has 0 radical (unpaired) electrons. The van der Waals surface area contributed by atoms with Gasteiger partial charge in [-0.25, -0.2) is 4.98 Å². The lowest BCUT2D eigenvalue weighted by molar-refractivity contribution is -0.139. The summed E-state index contributed by atoms with van der Waals surface area (Å²) >= 11 is 3.29. The Hall–Kier alpha value is -2.14. The van der Waals surface area contributed by atoms with E-state index in [1.165, 1.54) is 9.30 Å². The van der Waals surface area contributed by atoms with Crippen LogP contribution in [0.15, 0.2) is 16.9 Å². The number of rotatable bonds is 3. The summed E-state index contributed by atoms with van der Waals surface area (Å²) in [5, 5.41) is 9.70. The van der Waals surface area contributed by atoms with E-state index in [1.807, 2.05) is 0 Å². The van der Waals surface area contributed by atoms with Crippen molar-refractivity contribution in [1.82, 2.24) is 19.2 Å². The number of aliphatic hydroxyl groups excluding tert-OH is 1. The molecule has 11 heteroatoms. The van der Waals surface area contributed by atoms with Gasteiger partial charge in [-0.3, -0.25) is 14.0 Å². The highest BCUT2D eigenvalue weighted by molar-refractivity contribution is 9.10. The Morgan fingerprint density at radius 1 is 1.12 bits per heavy atom.